The molecule has 2 aliphatic rings. The number of ether oxygens (including phenoxy) is 1. The van der Waals surface area contributed by atoms with Gasteiger partial charge in [-0.15, -0.1) is 0 Å². The van der Waals surface area contributed by atoms with Crippen molar-refractivity contribution < 1.29 is 13.9 Å². The van der Waals surface area contributed by atoms with Crippen molar-refractivity contribution in [2.24, 2.45) is 0 Å². The van der Waals surface area contributed by atoms with E-state index in [1.54, 1.807) is 13.8 Å². The molecule has 2 fully saturated rings. The van der Waals surface area contributed by atoms with Gasteiger partial charge in [0.2, 0.25) is 0 Å². The van der Waals surface area contributed by atoms with Crippen LogP contribution in [0.25, 0.3) is 0 Å². The van der Waals surface area contributed by atoms with Gasteiger partial charge in [-0.1, -0.05) is 0 Å². The lowest BCUT2D eigenvalue weighted by molar-refractivity contribution is -0.145. The Morgan fingerprint density at radius 2 is 2.33 bits per heavy atom. The van der Waals surface area contributed by atoms with E-state index >= 15 is 0 Å². The van der Waals surface area contributed by atoms with E-state index < -0.39 is 17.8 Å². The Bertz CT molecular complexity index is 229. The SMILES string of the molecule is CC1(C)OC[C@H]2C[C@H](F)C(=O)N21. The summed E-state index contributed by atoms with van der Waals surface area (Å²) in [5, 5.41) is 0. The second-order valence-corrected chi connectivity index (χ2v) is 3.82. The molecule has 2 atom stereocenters. The first kappa shape index (κ1) is 7.98. The minimum Gasteiger partial charge on any atom is -0.354 e. The number of alkyl halides is 1. The van der Waals surface area contributed by atoms with Crippen LogP contribution in [0.3, 0.4) is 0 Å². The lowest BCUT2D eigenvalue weighted by atomic mass is 10.2. The van der Waals surface area contributed by atoms with E-state index in [-0.39, 0.29) is 6.04 Å². The van der Waals surface area contributed by atoms with Crippen molar-refractivity contribution in [3.63, 3.8) is 0 Å². The fraction of sp³-hybridized carbons (Fsp3) is 0.875. The van der Waals surface area contributed by atoms with Gasteiger partial charge in [0.15, 0.2) is 6.17 Å². The Kier molecular flexibility index (Phi) is 1.46. The minimum atomic E-state index is -1.31. The molecule has 0 unspecified atom stereocenters. The second kappa shape index (κ2) is 2.19. The number of halogens is 1. The number of amides is 1. The topological polar surface area (TPSA) is 29.5 Å². The summed E-state index contributed by atoms with van der Waals surface area (Å²) >= 11 is 0. The molecule has 2 aliphatic heterocycles. The summed E-state index contributed by atoms with van der Waals surface area (Å²) in [4.78, 5) is 12.8. The molecule has 68 valence electrons. The largest absolute Gasteiger partial charge is 0.354 e. The van der Waals surface area contributed by atoms with Crippen LogP contribution in [-0.4, -0.2) is 35.4 Å². The van der Waals surface area contributed by atoms with Crippen LogP contribution in [0.15, 0.2) is 0 Å². The highest BCUT2D eigenvalue weighted by atomic mass is 19.1. The lowest BCUT2D eigenvalue weighted by Crippen LogP contribution is -2.44. The number of hydrogen-bond acceptors (Lipinski definition) is 2. The fourth-order valence-corrected chi connectivity index (χ4v) is 1.99. The third kappa shape index (κ3) is 0.874. The highest BCUT2D eigenvalue weighted by molar-refractivity contribution is 5.84. The number of fused-ring (bicyclic) bond motifs is 1. The van der Waals surface area contributed by atoms with Gasteiger partial charge in [-0.3, -0.25) is 4.79 Å². The number of nitrogens with zero attached hydrogens (tertiary/aromatic N) is 1. The van der Waals surface area contributed by atoms with Crippen LogP contribution in [0.4, 0.5) is 4.39 Å². The van der Waals surface area contributed by atoms with Gasteiger partial charge in [-0.25, -0.2) is 4.39 Å². The second-order valence-electron chi connectivity index (χ2n) is 3.82. The normalized spacial score (nSPS) is 38.9. The molecular weight excluding hydrogens is 161 g/mol. The molecule has 2 rings (SSSR count). The fourth-order valence-electron chi connectivity index (χ4n) is 1.99. The summed E-state index contributed by atoms with van der Waals surface area (Å²) in [6, 6.07) is -0.0394. The van der Waals surface area contributed by atoms with Crippen LogP contribution in [0.1, 0.15) is 20.3 Å². The summed E-state index contributed by atoms with van der Waals surface area (Å²) in [5.74, 6) is -0.414. The molecule has 1 amide bonds. The van der Waals surface area contributed by atoms with Gasteiger partial charge in [0, 0.05) is 6.42 Å². The van der Waals surface area contributed by atoms with Gasteiger partial charge in [0.25, 0.3) is 5.91 Å². The summed E-state index contributed by atoms with van der Waals surface area (Å²) in [6.45, 7) is 4.06. The van der Waals surface area contributed by atoms with Crippen molar-refractivity contribution in [1.82, 2.24) is 4.90 Å². The summed E-state index contributed by atoms with van der Waals surface area (Å²) < 4.78 is 18.3. The van der Waals surface area contributed by atoms with Gasteiger partial charge in [0.05, 0.1) is 12.6 Å². The Morgan fingerprint density at radius 1 is 1.67 bits per heavy atom. The van der Waals surface area contributed by atoms with E-state index in [9.17, 15) is 9.18 Å². The third-order valence-electron chi connectivity index (χ3n) is 2.56. The Labute approximate surface area is 70.5 Å². The van der Waals surface area contributed by atoms with Crippen LogP contribution in [0.2, 0.25) is 0 Å². The zero-order chi connectivity index (χ0) is 8.93. The molecule has 0 N–H and O–H groups in total. The van der Waals surface area contributed by atoms with Crippen molar-refractivity contribution in [2.45, 2.75) is 38.2 Å². The van der Waals surface area contributed by atoms with Crippen molar-refractivity contribution in [3.05, 3.63) is 0 Å². The van der Waals surface area contributed by atoms with Crippen molar-refractivity contribution in [2.75, 3.05) is 6.61 Å². The number of carbonyl (C=O) groups excluding carboxylic acids is 1. The first-order valence-corrected chi connectivity index (χ1v) is 4.13. The van der Waals surface area contributed by atoms with Crippen molar-refractivity contribution in [1.29, 1.82) is 0 Å². The van der Waals surface area contributed by atoms with Crippen LogP contribution < -0.4 is 0 Å². The van der Waals surface area contributed by atoms with Crippen molar-refractivity contribution in [3.8, 4) is 0 Å². The van der Waals surface area contributed by atoms with Crippen LogP contribution in [0, 0.1) is 0 Å². The van der Waals surface area contributed by atoms with E-state index in [2.05, 4.69) is 0 Å². The van der Waals surface area contributed by atoms with Crippen LogP contribution >= 0.6 is 0 Å². The third-order valence-corrected chi connectivity index (χ3v) is 2.56. The molecule has 2 heterocycles. The van der Waals surface area contributed by atoms with Gasteiger partial charge in [-0.2, -0.15) is 0 Å². The maximum atomic E-state index is 12.9. The molecule has 0 spiro atoms. The summed E-state index contributed by atoms with van der Waals surface area (Å²) in [7, 11) is 0. The van der Waals surface area contributed by atoms with E-state index in [0.29, 0.717) is 13.0 Å². The monoisotopic (exact) mass is 173 g/mol. The van der Waals surface area contributed by atoms with Crippen LogP contribution in [-0.2, 0) is 9.53 Å². The molecule has 12 heavy (non-hydrogen) atoms. The molecule has 0 aromatic carbocycles. The molecule has 0 aromatic heterocycles. The van der Waals surface area contributed by atoms with Gasteiger partial charge < -0.3 is 9.64 Å². The zero-order valence-electron chi connectivity index (χ0n) is 7.21. The summed E-state index contributed by atoms with van der Waals surface area (Å²) in [6.07, 6.45) is -1.01. The zero-order valence-corrected chi connectivity index (χ0v) is 7.21. The highest BCUT2D eigenvalue weighted by Crippen LogP contribution is 2.35. The molecule has 2 saturated heterocycles. The molecule has 0 bridgehead atoms. The Balaban J connectivity index is 2.27. The van der Waals surface area contributed by atoms with Crippen LogP contribution in [0.5, 0.6) is 0 Å². The minimum absolute atomic E-state index is 0.0394. The molecule has 4 heteroatoms. The maximum Gasteiger partial charge on any atom is 0.259 e. The summed E-state index contributed by atoms with van der Waals surface area (Å²) in [5.41, 5.74) is -0.609. The van der Waals surface area contributed by atoms with E-state index in [1.165, 1.54) is 4.90 Å². The standard InChI is InChI=1S/C8H12FNO2/c1-8(2)10-5(4-12-8)3-6(9)7(10)11/h5-6H,3-4H2,1-2H3/t5-,6+/m1/s1. The Hall–Kier alpha value is -0.640. The average Bonchev–Trinajstić information content (AvgIpc) is 2.39. The molecule has 0 radical (unpaired) electrons. The predicted molar refractivity (Wildman–Crippen MR) is 40.2 cm³/mol. The number of rotatable bonds is 0. The average molecular weight is 173 g/mol. The lowest BCUT2D eigenvalue weighted by Gasteiger charge is -2.28. The Morgan fingerprint density at radius 3 is 2.92 bits per heavy atom. The highest BCUT2D eigenvalue weighted by Gasteiger charge is 2.51. The van der Waals surface area contributed by atoms with Gasteiger partial charge >= 0.3 is 0 Å². The molecule has 0 saturated carbocycles. The van der Waals surface area contributed by atoms with E-state index in [0.717, 1.165) is 0 Å². The van der Waals surface area contributed by atoms with Crippen molar-refractivity contribution >= 4 is 5.91 Å². The van der Waals surface area contributed by atoms with E-state index in [4.69, 9.17) is 4.74 Å². The molecule has 3 nitrogen and oxygen atoms in total. The maximum absolute atomic E-state index is 12.9. The molecule has 0 aliphatic carbocycles. The van der Waals surface area contributed by atoms with Gasteiger partial charge in [0.1, 0.15) is 5.72 Å². The van der Waals surface area contributed by atoms with Gasteiger partial charge in [-0.05, 0) is 13.8 Å². The smallest absolute Gasteiger partial charge is 0.259 e. The predicted octanol–water partition coefficient (Wildman–Crippen LogP) is 0.692. The first-order valence-electron chi connectivity index (χ1n) is 4.13. The number of hydrogen-bond donors (Lipinski definition) is 0. The quantitative estimate of drug-likeness (QED) is 0.539. The van der Waals surface area contributed by atoms with E-state index in [1.807, 2.05) is 0 Å². The first-order chi connectivity index (χ1) is 5.52. The molecule has 0 aromatic rings. The number of carbonyl (C=O) groups is 1. The molecular formula is C8H12FNO2.